The van der Waals surface area contributed by atoms with E-state index in [0.29, 0.717) is 21.3 Å². The summed E-state index contributed by atoms with van der Waals surface area (Å²) < 4.78 is 0. The van der Waals surface area contributed by atoms with Crippen LogP contribution in [0.25, 0.3) is 0 Å². The molecule has 0 saturated heterocycles. The normalized spacial score (nSPS) is 10.2. The lowest BCUT2D eigenvalue weighted by Gasteiger charge is -2.05. The molecule has 118 valence electrons. The van der Waals surface area contributed by atoms with E-state index in [1.54, 1.807) is 48.5 Å². The number of rotatable bonds is 6. The number of hydrogen-bond acceptors (Lipinski definition) is 3. The molecule has 2 aromatic carbocycles. The van der Waals surface area contributed by atoms with E-state index in [1.165, 1.54) is 0 Å². The predicted octanol–water partition coefficient (Wildman–Crippen LogP) is 4.16. The highest BCUT2D eigenvalue weighted by Gasteiger charge is 2.15. The van der Waals surface area contributed by atoms with E-state index >= 15 is 0 Å². The van der Waals surface area contributed by atoms with Gasteiger partial charge in [-0.2, -0.15) is 0 Å². The van der Waals surface area contributed by atoms with Crippen LogP contribution in [0.1, 0.15) is 23.2 Å². The van der Waals surface area contributed by atoms with Crippen molar-refractivity contribution in [1.82, 2.24) is 0 Å². The zero-order chi connectivity index (χ0) is 16.8. The number of carbonyl (C=O) groups is 3. The maximum atomic E-state index is 11.9. The van der Waals surface area contributed by atoms with Crippen molar-refractivity contribution in [3.05, 3.63) is 64.1 Å². The van der Waals surface area contributed by atoms with Gasteiger partial charge in [-0.05, 0) is 48.5 Å². The fourth-order valence-electron chi connectivity index (χ4n) is 1.90. The molecule has 2 rings (SSSR count). The lowest BCUT2D eigenvalue weighted by atomic mass is 10.0. The average Bonchev–Trinajstić information content (AvgIpc) is 2.50. The molecule has 0 radical (unpaired) electrons. The summed E-state index contributed by atoms with van der Waals surface area (Å²) in [7, 11) is 0. The molecule has 0 spiro atoms. The van der Waals surface area contributed by atoms with Crippen molar-refractivity contribution >= 4 is 46.4 Å². The molecule has 0 aromatic heterocycles. The SMILES string of the molecule is O=C(CC(=O)Nc1ccc(Cl)cc1)CC(=O)c1ccc(Cl)cc1. The topological polar surface area (TPSA) is 63.2 Å². The third-order valence-corrected chi connectivity index (χ3v) is 3.51. The molecular weight excluding hydrogens is 337 g/mol. The van der Waals surface area contributed by atoms with Crippen LogP contribution in [0.15, 0.2) is 48.5 Å². The van der Waals surface area contributed by atoms with Gasteiger partial charge in [0.15, 0.2) is 5.78 Å². The second-order valence-electron chi connectivity index (χ2n) is 4.88. The van der Waals surface area contributed by atoms with Gasteiger partial charge in [0.2, 0.25) is 5.91 Å². The highest BCUT2D eigenvalue weighted by Crippen LogP contribution is 2.14. The van der Waals surface area contributed by atoms with E-state index in [4.69, 9.17) is 23.2 Å². The Labute approximate surface area is 143 Å². The number of hydrogen-bond donors (Lipinski definition) is 1. The number of halogens is 2. The molecule has 0 saturated carbocycles. The van der Waals surface area contributed by atoms with Crippen molar-refractivity contribution in [1.29, 1.82) is 0 Å². The highest BCUT2D eigenvalue weighted by molar-refractivity contribution is 6.31. The summed E-state index contributed by atoms with van der Waals surface area (Å²) in [4.78, 5) is 35.5. The molecular formula is C17H13Cl2NO3. The van der Waals surface area contributed by atoms with Gasteiger partial charge in [-0.3, -0.25) is 14.4 Å². The van der Waals surface area contributed by atoms with Gasteiger partial charge < -0.3 is 5.32 Å². The van der Waals surface area contributed by atoms with Crippen LogP contribution in [-0.4, -0.2) is 17.5 Å². The lowest BCUT2D eigenvalue weighted by molar-refractivity contribution is -0.124. The second kappa shape index (κ2) is 7.90. The van der Waals surface area contributed by atoms with Crippen molar-refractivity contribution < 1.29 is 14.4 Å². The Bertz CT molecular complexity index is 725. The van der Waals surface area contributed by atoms with Gasteiger partial charge in [-0.25, -0.2) is 0 Å². The zero-order valence-corrected chi connectivity index (χ0v) is 13.5. The minimum absolute atomic E-state index is 0.324. The first-order valence-electron chi connectivity index (χ1n) is 6.80. The molecule has 1 N–H and O–H groups in total. The maximum absolute atomic E-state index is 11.9. The molecule has 2 aromatic rings. The van der Waals surface area contributed by atoms with Crippen LogP contribution in [0.5, 0.6) is 0 Å². The monoisotopic (exact) mass is 349 g/mol. The van der Waals surface area contributed by atoms with Gasteiger partial charge >= 0.3 is 0 Å². The maximum Gasteiger partial charge on any atom is 0.231 e. The minimum Gasteiger partial charge on any atom is -0.326 e. The fraction of sp³-hybridized carbons (Fsp3) is 0.118. The number of anilines is 1. The average molecular weight is 350 g/mol. The standard InChI is InChI=1S/C17H13Cl2NO3/c18-12-3-1-11(2-4-12)16(22)9-15(21)10-17(23)20-14-7-5-13(19)6-8-14/h1-8H,9-10H2,(H,20,23). The minimum atomic E-state index is -0.471. The largest absolute Gasteiger partial charge is 0.326 e. The van der Waals surface area contributed by atoms with E-state index in [-0.39, 0.29) is 18.6 Å². The van der Waals surface area contributed by atoms with Gasteiger partial charge in [-0.15, -0.1) is 0 Å². The lowest BCUT2D eigenvalue weighted by Crippen LogP contribution is -2.18. The first kappa shape index (κ1) is 17.2. The molecule has 0 atom stereocenters. The number of nitrogens with one attached hydrogen (secondary N) is 1. The van der Waals surface area contributed by atoms with Gasteiger partial charge in [0.25, 0.3) is 0 Å². The Hall–Kier alpha value is -2.17. The van der Waals surface area contributed by atoms with Gasteiger partial charge in [0, 0.05) is 21.3 Å². The summed E-state index contributed by atoms with van der Waals surface area (Å²) >= 11 is 11.5. The Morgan fingerprint density at radius 2 is 1.30 bits per heavy atom. The second-order valence-corrected chi connectivity index (χ2v) is 5.75. The summed E-state index contributed by atoms with van der Waals surface area (Å²) in [5, 5.41) is 3.63. The van der Waals surface area contributed by atoms with Crippen LogP contribution in [0.2, 0.25) is 10.0 Å². The van der Waals surface area contributed by atoms with E-state index in [1.807, 2.05) is 0 Å². The number of benzene rings is 2. The third kappa shape index (κ3) is 5.51. The summed E-state index contributed by atoms with van der Waals surface area (Å²) in [6, 6.07) is 12.8. The van der Waals surface area contributed by atoms with E-state index in [0.717, 1.165) is 0 Å². The van der Waals surface area contributed by atoms with Gasteiger partial charge in [0.1, 0.15) is 5.78 Å². The molecule has 23 heavy (non-hydrogen) atoms. The summed E-state index contributed by atoms with van der Waals surface area (Å²) in [5.74, 6) is -1.26. The van der Waals surface area contributed by atoms with Crippen molar-refractivity contribution in [3.8, 4) is 0 Å². The summed E-state index contributed by atoms with van der Waals surface area (Å²) in [6.07, 6.45) is -0.683. The number of carbonyl (C=O) groups excluding carboxylic acids is 3. The molecule has 4 nitrogen and oxygen atoms in total. The molecule has 0 aliphatic carbocycles. The molecule has 1 amide bonds. The van der Waals surface area contributed by atoms with E-state index in [2.05, 4.69) is 5.32 Å². The first-order chi connectivity index (χ1) is 10.9. The third-order valence-electron chi connectivity index (χ3n) is 3.01. The molecule has 0 aliphatic rings. The van der Waals surface area contributed by atoms with Crippen molar-refractivity contribution in [3.63, 3.8) is 0 Å². The van der Waals surface area contributed by atoms with Crippen LogP contribution >= 0.6 is 23.2 Å². The molecule has 0 heterocycles. The molecule has 0 aliphatic heterocycles. The molecule has 0 bridgehead atoms. The first-order valence-corrected chi connectivity index (χ1v) is 7.55. The predicted molar refractivity (Wildman–Crippen MR) is 90.1 cm³/mol. The Morgan fingerprint density at radius 3 is 1.87 bits per heavy atom. The van der Waals surface area contributed by atoms with Crippen molar-refractivity contribution in [2.45, 2.75) is 12.8 Å². The molecule has 6 heteroatoms. The Balaban J connectivity index is 1.86. The summed E-state index contributed by atoms with van der Waals surface area (Å²) in [5.41, 5.74) is 0.928. The van der Waals surface area contributed by atoms with Crippen LogP contribution in [-0.2, 0) is 9.59 Å². The zero-order valence-electron chi connectivity index (χ0n) is 12.0. The van der Waals surface area contributed by atoms with Gasteiger partial charge in [-0.1, -0.05) is 23.2 Å². The molecule has 0 unspecified atom stereocenters. The van der Waals surface area contributed by atoms with Crippen LogP contribution < -0.4 is 5.32 Å². The summed E-state index contributed by atoms with van der Waals surface area (Å²) in [6.45, 7) is 0. The number of ketones is 2. The van der Waals surface area contributed by atoms with Crippen LogP contribution in [0.4, 0.5) is 5.69 Å². The Kier molecular flexibility index (Phi) is 5.90. The highest BCUT2D eigenvalue weighted by atomic mass is 35.5. The quantitative estimate of drug-likeness (QED) is 0.628. The number of Topliss-reactive ketones (excluding diaryl/α,β-unsaturated/α-hetero) is 2. The smallest absolute Gasteiger partial charge is 0.231 e. The number of amides is 1. The molecule has 0 fully saturated rings. The van der Waals surface area contributed by atoms with Gasteiger partial charge in [0.05, 0.1) is 12.8 Å². The van der Waals surface area contributed by atoms with E-state index < -0.39 is 11.7 Å². The fourth-order valence-corrected chi connectivity index (χ4v) is 2.15. The van der Waals surface area contributed by atoms with Crippen molar-refractivity contribution in [2.75, 3.05) is 5.32 Å². The van der Waals surface area contributed by atoms with Crippen LogP contribution in [0, 0.1) is 0 Å². The van der Waals surface area contributed by atoms with Crippen LogP contribution in [0.3, 0.4) is 0 Å². The Morgan fingerprint density at radius 1 is 0.783 bits per heavy atom. The van der Waals surface area contributed by atoms with Crippen molar-refractivity contribution in [2.24, 2.45) is 0 Å². The van der Waals surface area contributed by atoms with E-state index in [9.17, 15) is 14.4 Å².